The summed E-state index contributed by atoms with van der Waals surface area (Å²) >= 11 is 7.90. The third kappa shape index (κ3) is 4.32. The molecule has 5 rings (SSSR count). The lowest BCUT2D eigenvalue weighted by atomic mass is 10.1. The highest BCUT2D eigenvalue weighted by molar-refractivity contribution is 7.21. The van der Waals surface area contributed by atoms with Gasteiger partial charge >= 0.3 is 0 Å². The Morgan fingerprint density at radius 1 is 0.818 bits per heavy atom. The van der Waals surface area contributed by atoms with Crippen LogP contribution in [0.1, 0.15) is 20.0 Å². The molecule has 7 heteroatoms. The second-order valence-corrected chi connectivity index (χ2v) is 9.29. The first-order chi connectivity index (χ1) is 16.1. The highest BCUT2D eigenvalue weighted by Crippen LogP contribution is 2.36. The van der Waals surface area contributed by atoms with Crippen molar-refractivity contribution in [3.05, 3.63) is 94.3 Å². The quantitative estimate of drug-likeness (QED) is 0.407. The van der Waals surface area contributed by atoms with Gasteiger partial charge in [0.05, 0.1) is 16.4 Å². The van der Waals surface area contributed by atoms with Crippen LogP contribution in [-0.2, 0) is 0 Å². The van der Waals surface area contributed by atoms with E-state index in [1.807, 2.05) is 83.8 Å². The van der Waals surface area contributed by atoms with Gasteiger partial charge in [0.25, 0.3) is 11.8 Å². The highest BCUT2D eigenvalue weighted by atomic mass is 35.5. The molecule has 1 aromatic heterocycles. The molecule has 0 aliphatic carbocycles. The zero-order valence-electron chi connectivity index (χ0n) is 17.8. The van der Waals surface area contributed by atoms with E-state index in [0.29, 0.717) is 41.6 Å². The molecule has 2 amide bonds. The molecule has 0 atom stereocenters. The zero-order valence-corrected chi connectivity index (χ0v) is 19.4. The first kappa shape index (κ1) is 21.5. The summed E-state index contributed by atoms with van der Waals surface area (Å²) in [5, 5.41) is 4.43. The van der Waals surface area contributed by atoms with Crippen LogP contribution in [0.4, 0.5) is 11.4 Å². The van der Waals surface area contributed by atoms with Gasteiger partial charge in [0, 0.05) is 41.8 Å². The molecule has 0 unspecified atom stereocenters. The number of piperazine rings is 1. The number of hydrogen-bond acceptors (Lipinski definition) is 4. The number of para-hydroxylation sites is 2. The van der Waals surface area contributed by atoms with E-state index in [4.69, 9.17) is 11.6 Å². The second-order valence-electron chi connectivity index (χ2n) is 7.86. The van der Waals surface area contributed by atoms with Crippen molar-refractivity contribution in [3.8, 4) is 0 Å². The first-order valence-corrected chi connectivity index (χ1v) is 12.0. The molecule has 1 aliphatic rings. The molecule has 1 fully saturated rings. The third-order valence-corrected chi connectivity index (χ3v) is 7.50. The predicted molar refractivity (Wildman–Crippen MR) is 136 cm³/mol. The van der Waals surface area contributed by atoms with Crippen molar-refractivity contribution in [3.63, 3.8) is 0 Å². The summed E-state index contributed by atoms with van der Waals surface area (Å²) in [6, 6.07) is 24.9. The Bertz CT molecular complexity index is 1310. The van der Waals surface area contributed by atoms with Crippen molar-refractivity contribution in [1.82, 2.24) is 4.90 Å². The number of amides is 2. The average Bonchev–Trinajstić information content (AvgIpc) is 3.21. The lowest BCUT2D eigenvalue weighted by Gasteiger charge is -2.37. The number of thiophene rings is 1. The summed E-state index contributed by atoms with van der Waals surface area (Å²) < 4.78 is 0.986. The van der Waals surface area contributed by atoms with Crippen molar-refractivity contribution in [2.75, 3.05) is 36.4 Å². The Labute approximate surface area is 201 Å². The number of fused-ring (bicyclic) bond motifs is 1. The van der Waals surface area contributed by atoms with Crippen LogP contribution in [-0.4, -0.2) is 42.9 Å². The van der Waals surface area contributed by atoms with Gasteiger partial charge in [-0.3, -0.25) is 9.59 Å². The van der Waals surface area contributed by atoms with Crippen LogP contribution in [0, 0.1) is 0 Å². The Kier molecular flexibility index (Phi) is 6.03. The van der Waals surface area contributed by atoms with Gasteiger partial charge in [-0.15, -0.1) is 11.3 Å². The molecule has 0 radical (unpaired) electrons. The maximum Gasteiger partial charge on any atom is 0.267 e. The number of nitrogens with one attached hydrogen (secondary N) is 1. The third-order valence-electron chi connectivity index (χ3n) is 5.82. The topological polar surface area (TPSA) is 52.7 Å². The standard InChI is InChI=1S/C26H22ClN3O2S/c27-23-19-10-4-7-13-22(19)33-24(23)25(31)28-20-11-5-6-12-21(20)29-14-16-30(17-15-29)26(32)18-8-2-1-3-9-18/h1-13H,14-17H2,(H,28,31). The molecular weight excluding hydrogens is 454 g/mol. The lowest BCUT2D eigenvalue weighted by molar-refractivity contribution is 0.0746. The molecule has 0 bridgehead atoms. The minimum Gasteiger partial charge on any atom is -0.366 e. The predicted octanol–water partition coefficient (Wildman–Crippen LogP) is 5.77. The zero-order chi connectivity index (χ0) is 22.8. The Hall–Kier alpha value is -3.35. The summed E-state index contributed by atoms with van der Waals surface area (Å²) in [7, 11) is 0. The molecule has 33 heavy (non-hydrogen) atoms. The molecular formula is C26H22ClN3O2S. The van der Waals surface area contributed by atoms with E-state index in [-0.39, 0.29) is 11.8 Å². The van der Waals surface area contributed by atoms with Crippen LogP contribution in [0.25, 0.3) is 10.1 Å². The number of nitrogens with zero attached hydrogens (tertiary/aromatic N) is 2. The van der Waals surface area contributed by atoms with Crippen LogP contribution in [0.15, 0.2) is 78.9 Å². The van der Waals surface area contributed by atoms with Gasteiger partial charge in [0.1, 0.15) is 4.88 Å². The number of carbonyl (C=O) groups is 2. The summed E-state index contributed by atoms with van der Waals surface area (Å²) in [6.45, 7) is 2.63. The highest BCUT2D eigenvalue weighted by Gasteiger charge is 2.24. The minimum absolute atomic E-state index is 0.0521. The van der Waals surface area contributed by atoms with Gasteiger partial charge in [-0.2, -0.15) is 0 Å². The lowest BCUT2D eigenvalue weighted by Crippen LogP contribution is -2.49. The van der Waals surface area contributed by atoms with E-state index in [0.717, 1.165) is 21.5 Å². The number of hydrogen-bond donors (Lipinski definition) is 1. The second kappa shape index (κ2) is 9.25. The number of benzene rings is 3. The average molecular weight is 476 g/mol. The van der Waals surface area contributed by atoms with Gasteiger partial charge in [-0.05, 0) is 30.3 Å². The van der Waals surface area contributed by atoms with E-state index >= 15 is 0 Å². The van der Waals surface area contributed by atoms with E-state index in [1.165, 1.54) is 11.3 Å². The number of rotatable bonds is 4. The minimum atomic E-state index is -0.216. The summed E-state index contributed by atoms with van der Waals surface area (Å²) in [4.78, 5) is 30.4. The van der Waals surface area contributed by atoms with E-state index in [1.54, 1.807) is 0 Å². The Morgan fingerprint density at radius 3 is 2.24 bits per heavy atom. The maximum absolute atomic E-state index is 13.1. The number of anilines is 2. The smallest absolute Gasteiger partial charge is 0.267 e. The molecule has 0 spiro atoms. The number of carbonyl (C=O) groups excluding carboxylic acids is 2. The first-order valence-electron chi connectivity index (χ1n) is 10.8. The van der Waals surface area contributed by atoms with Crippen LogP contribution < -0.4 is 10.2 Å². The fourth-order valence-electron chi connectivity index (χ4n) is 4.11. The van der Waals surface area contributed by atoms with Gasteiger partial charge in [0.2, 0.25) is 0 Å². The van der Waals surface area contributed by atoms with Crippen LogP contribution in [0.2, 0.25) is 5.02 Å². The largest absolute Gasteiger partial charge is 0.366 e. The molecule has 1 saturated heterocycles. The molecule has 4 aromatic rings. The van der Waals surface area contributed by atoms with Crippen LogP contribution in [0.5, 0.6) is 0 Å². The maximum atomic E-state index is 13.1. The molecule has 166 valence electrons. The van der Waals surface area contributed by atoms with Crippen LogP contribution in [0.3, 0.4) is 0 Å². The van der Waals surface area contributed by atoms with Gasteiger partial charge < -0.3 is 15.1 Å². The molecule has 0 saturated carbocycles. The van der Waals surface area contributed by atoms with Gasteiger partial charge in [0.15, 0.2) is 0 Å². The summed E-state index contributed by atoms with van der Waals surface area (Å²) in [6.07, 6.45) is 0. The monoisotopic (exact) mass is 475 g/mol. The van der Waals surface area contributed by atoms with Gasteiger partial charge in [-0.1, -0.05) is 60.1 Å². The summed E-state index contributed by atoms with van der Waals surface area (Å²) in [5.41, 5.74) is 2.38. The Balaban J connectivity index is 1.31. The van der Waals surface area contributed by atoms with Crippen molar-refractivity contribution in [2.24, 2.45) is 0 Å². The SMILES string of the molecule is O=C(Nc1ccccc1N1CCN(C(=O)c2ccccc2)CC1)c1sc2ccccc2c1Cl. The van der Waals surface area contributed by atoms with Crippen molar-refractivity contribution in [1.29, 1.82) is 0 Å². The van der Waals surface area contributed by atoms with E-state index in [2.05, 4.69) is 10.2 Å². The molecule has 3 aromatic carbocycles. The molecule has 1 aliphatic heterocycles. The van der Waals surface area contributed by atoms with Crippen molar-refractivity contribution >= 4 is 56.2 Å². The van der Waals surface area contributed by atoms with Crippen molar-refractivity contribution in [2.45, 2.75) is 0 Å². The van der Waals surface area contributed by atoms with E-state index in [9.17, 15) is 9.59 Å². The Morgan fingerprint density at radius 2 is 1.48 bits per heavy atom. The summed E-state index contributed by atoms with van der Waals surface area (Å²) in [5.74, 6) is -0.164. The fourth-order valence-corrected chi connectivity index (χ4v) is 5.52. The van der Waals surface area contributed by atoms with Crippen LogP contribution >= 0.6 is 22.9 Å². The van der Waals surface area contributed by atoms with Crippen molar-refractivity contribution < 1.29 is 9.59 Å². The fraction of sp³-hybridized carbons (Fsp3) is 0.154. The molecule has 1 N–H and O–H groups in total. The molecule has 5 nitrogen and oxygen atoms in total. The van der Waals surface area contributed by atoms with E-state index < -0.39 is 0 Å². The van der Waals surface area contributed by atoms with Gasteiger partial charge in [-0.25, -0.2) is 0 Å². The normalized spacial score (nSPS) is 13.8. The number of halogens is 1. The molecule has 2 heterocycles.